The monoisotopic (exact) mass is 558 g/mol. The number of benzene rings is 5. The van der Waals surface area contributed by atoms with Crippen LogP contribution in [0, 0.1) is 6.92 Å². The largest absolute Gasteiger partial charge is 0.457 e. The summed E-state index contributed by atoms with van der Waals surface area (Å²) >= 11 is 0. The molecular weight excluding hydrogens is 528 g/mol. The van der Waals surface area contributed by atoms with Gasteiger partial charge in [-0.05, 0) is 78.2 Å². The normalized spacial score (nSPS) is 12.7. The van der Waals surface area contributed by atoms with Gasteiger partial charge in [0.1, 0.15) is 17.3 Å². The number of para-hydroxylation sites is 3. The molecule has 0 saturated heterocycles. The van der Waals surface area contributed by atoms with Crippen molar-refractivity contribution in [2.45, 2.75) is 6.92 Å². The first-order valence-electron chi connectivity index (χ1n) is 14.6. The molecule has 1 aliphatic heterocycles. The maximum Gasteiger partial charge on any atom is 0.138 e. The predicted octanol–water partition coefficient (Wildman–Crippen LogP) is 9.49. The molecule has 0 N–H and O–H groups in total. The molecule has 0 amide bonds. The van der Waals surface area contributed by atoms with E-state index >= 15 is 0 Å². The van der Waals surface area contributed by atoms with Crippen molar-refractivity contribution in [3.05, 3.63) is 139 Å². The van der Waals surface area contributed by atoms with Gasteiger partial charge in [0, 0.05) is 41.8 Å². The van der Waals surface area contributed by atoms with E-state index < -0.39 is 0 Å². The lowest BCUT2D eigenvalue weighted by molar-refractivity contribution is 0.483. The van der Waals surface area contributed by atoms with Crippen molar-refractivity contribution in [1.82, 2.24) is 9.55 Å². The Labute approximate surface area is 250 Å². The van der Waals surface area contributed by atoms with E-state index in [-0.39, 0.29) is 0 Å². The number of anilines is 3. The van der Waals surface area contributed by atoms with Gasteiger partial charge in [0.15, 0.2) is 0 Å². The summed E-state index contributed by atoms with van der Waals surface area (Å²) in [5.41, 5.74) is 9.29. The Kier molecular flexibility index (Phi) is 5.90. The van der Waals surface area contributed by atoms with Crippen LogP contribution in [0.3, 0.4) is 0 Å². The van der Waals surface area contributed by atoms with E-state index in [2.05, 4.69) is 150 Å². The average molecular weight is 559 g/mol. The van der Waals surface area contributed by atoms with Crippen LogP contribution in [0.1, 0.15) is 5.56 Å². The third-order valence-electron chi connectivity index (χ3n) is 8.38. The van der Waals surface area contributed by atoms with E-state index in [0.29, 0.717) is 0 Å². The van der Waals surface area contributed by atoms with Gasteiger partial charge in [0.2, 0.25) is 0 Å². The van der Waals surface area contributed by atoms with Gasteiger partial charge in [-0.3, -0.25) is 4.57 Å². The molecule has 0 atom stereocenters. The lowest BCUT2D eigenvalue weighted by Crippen LogP contribution is -2.23. The number of aromatic nitrogens is 2. The van der Waals surface area contributed by atoms with Crippen LogP contribution in [-0.4, -0.2) is 23.3 Å². The van der Waals surface area contributed by atoms with Gasteiger partial charge in [-0.2, -0.15) is 0 Å². The number of ether oxygens (including phenoxy) is 1. The summed E-state index contributed by atoms with van der Waals surface area (Å²) in [5.74, 6) is 2.46. The summed E-state index contributed by atoms with van der Waals surface area (Å²) in [5, 5.41) is 2.35. The zero-order valence-electron chi connectivity index (χ0n) is 24.1. The fourth-order valence-corrected chi connectivity index (χ4v) is 6.32. The van der Waals surface area contributed by atoms with Gasteiger partial charge in [0.25, 0.3) is 0 Å². The number of rotatable bonds is 5. The number of fused-ring (bicyclic) bond motifs is 4. The minimum absolute atomic E-state index is 0.780. The van der Waals surface area contributed by atoms with Crippen LogP contribution < -0.4 is 14.5 Å². The minimum Gasteiger partial charge on any atom is -0.457 e. The topological polar surface area (TPSA) is 33.5 Å². The van der Waals surface area contributed by atoms with E-state index in [1.54, 1.807) is 0 Å². The molecule has 0 saturated carbocycles. The van der Waals surface area contributed by atoms with Crippen molar-refractivity contribution < 1.29 is 4.74 Å². The second kappa shape index (κ2) is 10.1. The summed E-state index contributed by atoms with van der Waals surface area (Å²) in [6.45, 7) is 2.94. The average Bonchev–Trinajstić information content (AvgIpc) is 3.56. The number of hydrogen-bond acceptors (Lipinski definition) is 4. The molecule has 7 aromatic rings. The Morgan fingerprint density at radius 1 is 0.651 bits per heavy atom. The Bertz CT molecular complexity index is 2150. The van der Waals surface area contributed by atoms with E-state index in [1.165, 1.54) is 27.9 Å². The minimum atomic E-state index is 0.780. The molecule has 0 spiro atoms. The van der Waals surface area contributed by atoms with Crippen molar-refractivity contribution in [3.8, 4) is 28.4 Å². The lowest BCUT2D eigenvalue weighted by Gasteiger charge is -2.20. The highest BCUT2D eigenvalue weighted by Gasteiger charge is 2.24. The van der Waals surface area contributed by atoms with E-state index in [1.807, 2.05) is 12.3 Å². The summed E-state index contributed by atoms with van der Waals surface area (Å²) in [6.07, 6.45) is 1.90. The number of nitrogens with zero attached hydrogens (tertiary/aromatic N) is 4. The number of aryl methyl sites for hydroxylation is 1. The van der Waals surface area contributed by atoms with Gasteiger partial charge >= 0.3 is 0 Å². The van der Waals surface area contributed by atoms with Crippen LogP contribution in [0.15, 0.2) is 134 Å². The zero-order chi connectivity index (χ0) is 28.9. The molecule has 1 aliphatic rings. The quantitative estimate of drug-likeness (QED) is 0.211. The first-order valence-corrected chi connectivity index (χ1v) is 14.6. The van der Waals surface area contributed by atoms with E-state index in [4.69, 9.17) is 9.72 Å². The molecule has 3 heterocycles. The summed E-state index contributed by atoms with van der Waals surface area (Å²) in [7, 11) is 2.12. The van der Waals surface area contributed by atoms with Gasteiger partial charge < -0.3 is 14.5 Å². The number of hydrogen-bond donors (Lipinski definition) is 0. The van der Waals surface area contributed by atoms with Crippen LogP contribution in [0.4, 0.5) is 17.1 Å². The van der Waals surface area contributed by atoms with Gasteiger partial charge in [-0.1, -0.05) is 60.7 Å². The second-order valence-electron chi connectivity index (χ2n) is 11.1. The fourth-order valence-electron chi connectivity index (χ4n) is 6.32. The third kappa shape index (κ3) is 4.29. The number of pyridine rings is 1. The molecule has 0 unspecified atom stereocenters. The Morgan fingerprint density at radius 2 is 1.42 bits per heavy atom. The van der Waals surface area contributed by atoms with Crippen molar-refractivity contribution in [3.63, 3.8) is 0 Å². The molecule has 2 aromatic heterocycles. The predicted molar refractivity (Wildman–Crippen MR) is 177 cm³/mol. The van der Waals surface area contributed by atoms with Crippen molar-refractivity contribution in [1.29, 1.82) is 0 Å². The third-order valence-corrected chi connectivity index (χ3v) is 8.38. The molecule has 5 heteroatoms. The molecular formula is C38H30N4O. The fraction of sp³-hybridized carbons (Fsp3) is 0.0789. The molecule has 0 aliphatic carbocycles. The molecule has 43 heavy (non-hydrogen) atoms. The molecule has 208 valence electrons. The molecule has 5 aromatic carbocycles. The highest BCUT2D eigenvalue weighted by Crippen LogP contribution is 2.41. The van der Waals surface area contributed by atoms with Crippen LogP contribution in [0.2, 0.25) is 0 Å². The van der Waals surface area contributed by atoms with Gasteiger partial charge in [0.05, 0.1) is 29.1 Å². The first-order chi connectivity index (χ1) is 21.1. The van der Waals surface area contributed by atoms with Crippen LogP contribution in [0.25, 0.3) is 38.8 Å². The van der Waals surface area contributed by atoms with Gasteiger partial charge in [-0.25, -0.2) is 4.98 Å². The van der Waals surface area contributed by atoms with Crippen molar-refractivity contribution in [2.75, 3.05) is 23.5 Å². The van der Waals surface area contributed by atoms with Crippen LogP contribution in [-0.2, 0) is 0 Å². The molecule has 0 bridgehead atoms. The van der Waals surface area contributed by atoms with E-state index in [9.17, 15) is 0 Å². The molecule has 5 nitrogen and oxygen atoms in total. The summed E-state index contributed by atoms with van der Waals surface area (Å²) < 4.78 is 8.77. The summed E-state index contributed by atoms with van der Waals surface area (Å²) in [4.78, 5) is 9.42. The SMILES string of the molecule is Cc1ccccc1-c1ccnc(-n2c3ccccc3c3ccc(Oc4cccc(N5CN(C)c6ccccc65)c4)cc32)c1. The standard InChI is InChI=1S/C38H30N4O/c1-26-10-3-4-13-31(26)27-20-21-39-38(22-27)42-34-15-6-5-14-32(34)33-19-18-30(24-37(33)42)43-29-12-9-11-28(23-29)41-25-40(2)35-16-7-8-17-36(35)41/h3-24H,25H2,1-2H3. The van der Waals surface area contributed by atoms with Crippen molar-refractivity contribution in [2.24, 2.45) is 0 Å². The van der Waals surface area contributed by atoms with E-state index in [0.717, 1.165) is 51.7 Å². The molecule has 0 radical (unpaired) electrons. The van der Waals surface area contributed by atoms with Crippen molar-refractivity contribution >= 4 is 38.9 Å². The second-order valence-corrected chi connectivity index (χ2v) is 11.1. The zero-order valence-corrected chi connectivity index (χ0v) is 24.1. The van der Waals surface area contributed by atoms with Gasteiger partial charge in [-0.15, -0.1) is 0 Å². The van der Waals surface area contributed by atoms with Crippen LogP contribution in [0.5, 0.6) is 11.5 Å². The summed E-state index contributed by atoms with van der Waals surface area (Å²) in [6, 6.07) is 44.4. The highest BCUT2D eigenvalue weighted by atomic mass is 16.5. The Balaban J connectivity index is 1.20. The lowest BCUT2D eigenvalue weighted by atomic mass is 10.0. The maximum atomic E-state index is 6.52. The smallest absolute Gasteiger partial charge is 0.138 e. The maximum absolute atomic E-state index is 6.52. The highest BCUT2D eigenvalue weighted by molar-refractivity contribution is 6.09. The first kappa shape index (κ1) is 25.2. The molecule has 8 rings (SSSR count). The van der Waals surface area contributed by atoms with Crippen LogP contribution >= 0.6 is 0 Å². The Hall–Kier alpha value is -5.55. The molecule has 0 fully saturated rings. The Morgan fingerprint density at radius 3 is 2.33 bits per heavy atom.